The number of halogens is 1. The standard InChI is InChI=1S/C23H17BrN2O5/c1-30-16-8-6-15(7-9-16)25-21(27)14-4-2-13(3-5-14)12-17-18(24)10-11-19-20(17)22(28)26-23(29)31-19/h2-11H,12H2,1H3,(H,25,27)(H,26,28,29). The minimum atomic E-state index is -0.794. The van der Waals surface area contributed by atoms with E-state index in [1.54, 1.807) is 55.6 Å². The highest BCUT2D eigenvalue weighted by Gasteiger charge is 2.14. The molecular weight excluding hydrogens is 464 g/mol. The van der Waals surface area contributed by atoms with Crippen LogP contribution in [0.5, 0.6) is 5.75 Å². The van der Waals surface area contributed by atoms with E-state index in [1.807, 2.05) is 12.1 Å². The quantitative estimate of drug-likeness (QED) is 0.447. The maximum atomic E-state index is 12.5. The number of hydrogen-bond acceptors (Lipinski definition) is 5. The van der Waals surface area contributed by atoms with E-state index in [2.05, 4.69) is 26.2 Å². The van der Waals surface area contributed by atoms with E-state index in [0.717, 1.165) is 10.0 Å². The molecule has 31 heavy (non-hydrogen) atoms. The molecule has 8 heteroatoms. The molecule has 0 radical (unpaired) electrons. The number of hydrogen-bond donors (Lipinski definition) is 2. The van der Waals surface area contributed by atoms with Crippen LogP contribution in [0.15, 0.2) is 79.1 Å². The number of methoxy groups -OCH3 is 1. The van der Waals surface area contributed by atoms with Crippen molar-refractivity contribution in [2.45, 2.75) is 6.42 Å². The van der Waals surface area contributed by atoms with Crippen LogP contribution in [0.1, 0.15) is 21.5 Å². The van der Waals surface area contributed by atoms with Crippen molar-refractivity contribution in [3.8, 4) is 5.75 Å². The molecule has 1 heterocycles. The summed E-state index contributed by atoms with van der Waals surface area (Å²) in [5.41, 5.74) is 2.47. The molecule has 0 saturated heterocycles. The van der Waals surface area contributed by atoms with Crippen LogP contribution < -0.4 is 21.4 Å². The van der Waals surface area contributed by atoms with Crippen molar-refractivity contribution in [2.24, 2.45) is 0 Å². The van der Waals surface area contributed by atoms with Crippen LogP contribution in [-0.4, -0.2) is 18.0 Å². The van der Waals surface area contributed by atoms with Gasteiger partial charge < -0.3 is 14.5 Å². The molecule has 1 amide bonds. The number of aromatic amines is 1. The normalized spacial score (nSPS) is 10.8. The van der Waals surface area contributed by atoms with Gasteiger partial charge in [0.05, 0.1) is 12.5 Å². The zero-order chi connectivity index (χ0) is 22.0. The Kier molecular flexibility index (Phi) is 5.73. The second-order valence-corrected chi connectivity index (χ2v) is 7.65. The second-order valence-electron chi connectivity index (χ2n) is 6.80. The summed E-state index contributed by atoms with van der Waals surface area (Å²) < 4.78 is 10.9. The lowest BCUT2D eigenvalue weighted by molar-refractivity contribution is 0.102. The highest BCUT2D eigenvalue weighted by Crippen LogP contribution is 2.26. The number of benzene rings is 3. The van der Waals surface area contributed by atoms with Crippen LogP contribution in [0.25, 0.3) is 11.0 Å². The maximum Gasteiger partial charge on any atom is 0.419 e. The topological polar surface area (TPSA) is 101 Å². The fraction of sp³-hybridized carbons (Fsp3) is 0.0870. The third-order valence-corrected chi connectivity index (χ3v) is 5.55. The number of carbonyl (C=O) groups excluding carboxylic acids is 1. The van der Waals surface area contributed by atoms with Crippen molar-refractivity contribution in [2.75, 3.05) is 12.4 Å². The van der Waals surface area contributed by atoms with Gasteiger partial charge >= 0.3 is 5.76 Å². The highest BCUT2D eigenvalue weighted by atomic mass is 79.9. The molecule has 0 fully saturated rings. The van der Waals surface area contributed by atoms with Gasteiger partial charge in [-0.25, -0.2) is 4.79 Å². The minimum Gasteiger partial charge on any atom is -0.497 e. The molecular formula is C23H17BrN2O5. The van der Waals surface area contributed by atoms with Gasteiger partial charge in [0, 0.05) is 15.7 Å². The summed E-state index contributed by atoms with van der Waals surface area (Å²) in [6.45, 7) is 0. The molecule has 2 N–H and O–H groups in total. The number of nitrogens with one attached hydrogen (secondary N) is 2. The maximum absolute atomic E-state index is 12.5. The Labute approximate surface area is 184 Å². The molecule has 0 spiro atoms. The Bertz CT molecular complexity index is 1370. The van der Waals surface area contributed by atoms with Gasteiger partial charge in [-0.1, -0.05) is 28.1 Å². The molecule has 7 nitrogen and oxygen atoms in total. The Morgan fingerprint density at radius 1 is 1.03 bits per heavy atom. The van der Waals surface area contributed by atoms with Crippen molar-refractivity contribution in [1.82, 2.24) is 4.98 Å². The van der Waals surface area contributed by atoms with Crippen molar-refractivity contribution in [1.29, 1.82) is 0 Å². The third kappa shape index (κ3) is 4.44. The predicted octanol–water partition coefficient (Wildman–Crippen LogP) is 4.10. The van der Waals surface area contributed by atoms with Gasteiger partial charge in [-0.05, 0) is 66.1 Å². The van der Waals surface area contributed by atoms with Crippen LogP contribution in [0.3, 0.4) is 0 Å². The Morgan fingerprint density at radius 2 is 1.74 bits per heavy atom. The van der Waals surface area contributed by atoms with Crippen LogP contribution in [-0.2, 0) is 6.42 Å². The van der Waals surface area contributed by atoms with Gasteiger partial charge in [0.25, 0.3) is 11.5 Å². The number of rotatable bonds is 5. The van der Waals surface area contributed by atoms with Crippen LogP contribution in [0, 0.1) is 0 Å². The Morgan fingerprint density at radius 3 is 2.42 bits per heavy atom. The van der Waals surface area contributed by atoms with Crippen molar-refractivity contribution in [3.63, 3.8) is 0 Å². The summed E-state index contributed by atoms with van der Waals surface area (Å²) in [7, 11) is 1.58. The number of amides is 1. The number of ether oxygens (including phenoxy) is 1. The smallest absolute Gasteiger partial charge is 0.419 e. The second kappa shape index (κ2) is 8.61. The summed E-state index contributed by atoms with van der Waals surface area (Å²) >= 11 is 3.47. The number of fused-ring (bicyclic) bond motifs is 1. The van der Waals surface area contributed by atoms with E-state index in [-0.39, 0.29) is 11.5 Å². The van der Waals surface area contributed by atoms with Gasteiger partial charge in [0.1, 0.15) is 11.3 Å². The lowest BCUT2D eigenvalue weighted by Gasteiger charge is -2.09. The summed E-state index contributed by atoms with van der Waals surface area (Å²) in [5.74, 6) is -0.320. The number of aromatic nitrogens is 1. The van der Waals surface area contributed by atoms with Crippen molar-refractivity contribution < 1.29 is 13.9 Å². The van der Waals surface area contributed by atoms with Crippen molar-refractivity contribution in [3.05, 3.63) is 103 Å². The zero-order valence-electron chi connectivity index (χ0n) is 16.4. The SMILES string of the molecule is COc1ccc(NC(=O)c2ccc(Cc3c(Br)ccc4oc(=O)[nH]c(=O)c34)cc2)cc1. The summed E-state index contributed by atoms with van der Waals surface area (Å²) in [6, 6.07) is 17.5. The summed E-state index contributed by atoms with van der Waals surface area (Å²) in [4.78, 5) is 38.4. The van der Waals surface area contributed by atoms with Gasteiger partial charge in [-0.15, -0.1) is 0 Å². The molecule has 156 valence electrons. The average Bonchev–Trinajstić information content (AvgIpc) is 2.76. The molecule has 0 bridgehead atoms. The average molecular weight is 481 g/mol. The molecule has 1 aromatic heterocycles. The minimum absolute atomic E-state index is 0.224. The third-order valence-electron chi connectivity index (χ3n) is 4.81. The van der Waals surface area contributed by atoms with Crippen LogP contribution >= 0.6 is 15.9 Å². The lowest BCUT2D eigenvalue weighted by Crippen LogP contribution is -2.19. The van der Waals surface area contributed by atoms with Crippen LogP contribution in [0.4, 0.5) is 5.69 Å². The predicted molar refractivity (Wildman–Crippen MR) is 121 cm³/mol. The number of H-pyrrole nitrogens is 1. The molecule has 0 saturated carbocycles. The summed E-state index contributed by atoms with van der Waals surface area (Å²) in [5, 5.41) is 3.15. The monoisotopic (exact) mass is 480 g/mol. The van der Waals surface area contributed by atoms with E-state index >= 15 is 0 Å². The van der Waals surface area contributed by atoms with E-state index in [4.69, 9.17) is 9.15 Å². The molecule has 3 aromatic carbocycles. The fourth-order valence-electron chi connectivity index (χ4n) is 3.24. The lowest BCUT2D eigenvalue weighted by atomic mass is 10.0. The number of anilines is 1. The van der Waals surface area contributed by atoms with Gasteiger partial charge in [-0.2, -0.15) is 0 Å². The molecule has 0 aliphatic heterocycles. The Hall–Kier alpha value is -3.65. The van der Waals surface area contributed by atoms with Crippen LogP contribution in [0.2, 0.25) is 0 Å². The van der Waals surface area contributed by atoms with E-state index in [1.165, 1.54) is 0 Å². The fourth-order valence-corrected chi connectivity index (χ4v) is 3.71. The number of carbonyl (C=O) groups is 1. The molecule has 0 atom stereocenters. The van der Waals surface area contributed by atoms with E-state index in [9.17, 15) is 14.4 Å². The first-order valence-electron chi connectivity index (χ1n) is 9.33. The molecule has 0 aliphatic rings. The van der Waals surface area contributed by atoms with Crippen molar-refractivity contribution >= 4 is 38.5 Å². The van der Waals surface area contributed by atoms with Gasteiger partial charge in [-0.3, -0.25) is 14.6 Å². The largest absolute Gasteiger partial charge is 0.497 e. The van der Waals surface area contributed by atoms with E-state index in [0.29, 0.717) is 34.4 Å². The van der Waals surface area contributed by atoms with Gasteiger partial charge in [0.15, 0.2) is 0 Å². The first-order chi connectivity index (χ1) is 14.9. The van der Waals surface area contributed by atoms with E-state index < -0.39 is 11.3 Å². The Balaban J connectivity index is 1.56. The summed E-state index contributed by atoms with van der Waals surface area (Å²) in [6.07, 6.45) is 0.412. The first kappa shape index (κ1) is 20.6. The van der Waals surface area contributed by atoms with Gasteiger partial charge in [0.2, 0.25) is 0 Å². The molecule has 4 rings (SSSR count). The molecule has 4 aromatic rings. The molecule has 0 unspecified atom stereocenters. The zero-order valence-corrected chi connectivity index (χ0v) is 18.0. The highest BCUT2D eigenvalue weighted by molar-refractivity contribution is 9.10. The first-order valence-corrected chi connectivity index (χ1v) is 10.1. The molecule has 0 aliphatic carbocycles.